The van der Waals surface area contributed by atoms with Gasteiger partial charge in [-0.2, -0.15) is 0 Å². The molecule has 0 saturated carbocycles. The molecule has 156 valence electrons. The molecule has 4 rings (SSSR count). The summed E-state index contributed by atoms with van der Waals surface area (Å²) in [7, 11) is 0. The number of hydrogen-bond donors (Lipinski definition) is 2. The van der Waals surface area contributed by atoms with Gasteiger partial charge < -0.3 is 14.8 Å². The van der Waals surface area contributed by atoms with Gasteiger partial charge in [0.05, 0.1) is 17.1 Å². The number of nitrogens with one attached hydrogen (secondary N) is 1. The average molecular weight is 441 g/mol. The van der Waals surface area contributed by atoms with Gasteiger partial charge in [-0.05, 0) is 48.0 Å². The number of nitrogens with zero attached hydrogens (tertiary/aromatic N) is 1. The van der Waals surface area contributed by atoms with Gasteiger partial charge in [0.1, 0.15) is 23.0 Å². The van der Waals surface area contributed by atoms with Crippen molar-refractivity contribution in [2.75, 3.05) is 0 Å². The van der Waals surface area contributed by atoms with Crippen LogP contribution in [0.25, 0.3) is 17.4 Å². The van der Waals surface area contributed by atoms with Gasteiger partial charge in [0.15, 0.2) is 0 Å². The summed E-state index contributed by atoms with van der Waals surface area (Å²) in [6, 6.07) is 12.5. The van der Waals surface area contributed by atoms with Crippen molar-refractivity contribution in [3.05, 3.63) is 88.0 Å². The van der Waals surface area contributed by atoms with Crippen molar-refractivity contribution in [2.45, 2.75) is 6.54 Å². The van der Waals surface area contributed by atoms with Crippen molar-refractivity contribution < 1.29 is 28.3 Å². The Balaban J connectivity index is 1.55. The van der Waals surface area contributed by atoms with E-state index in [4.69, 9.17) is 16.0 Å². The highest BCUT2D eigenvalue weighted by molar-refractivity contribution is 6.33. The van der Waals surface area contributed by atoms with Gasteiger partial charge >= 0.3 is 12.0 Å². The monoisotopic (exact) mass is 440 g/mol. The van der Waals surface area contributed by atoms with Crippen LogP contribution in [0.1, 0.15) is 21.7 Å². The molecule has 9 heteroatoms. The van der Waals surface area contributed by atoms with Crippen molar-refractivity contribution in [2.24, 2.45) is 0 Å². The molecule has 2 N–H and O–H groups in total. The van der Waals surface area contributed by atoms with E-state index in [1.165, 1.54) is 42.5 Å². The Morgan fingerprint density at radius 3 is 2.58 bits per heavy atom. The predicted octanol–water partition coefficient (Wildman–Crippen LogP) is 4.53. The Bertz CT molecular complexity index is 1230. The maximum absolute atomic E-state index is 13.0. The Labute approximate surface area is 180 Å². The molecular weight excluding hydrogens is 427 g/mol. The fourth-order valence-corrected chi connectivity index (χ4v) is 3.26. The van der Waals surface area contributed by atoms with Gasteiger partial charge in [0, 0.05) is 11.6 Å². The maximum atomic E-state index is 13.0. The second-order valence-electron chi connectivity index (χ2n) is 6.71. The molecule has 0 aliphatic carbocycles. The van der Waals surface area contributed by atoms with E-state index in [9.17, 15) is 23.9 Å². The molecule has 1 aromatic heterocycles. The molecule has 0 bridgehead atoms. The third kappa shape index (κ3) is 4.19. The number of furan rings is 1. The molecule has 2 aromatic carbocycles. The molecule has 0 radical (unpaired) electrons. The standard InChI is InChI=1S/C22H14ClFN2O5/c23-17-7-3-13(9-16(17)21(28)29)19-8-6-15(31-19)10-18-20(27)26(22(30)25-18)11-12-1-4-14(24)5-2-12/h1-10H,11H2,(H,25,30)(H,28,29). The number of amides is 3. The van der Waals surface area contributed by atoms with Gasteiger partial charge in [-0.15, -0.1) is 0 Å². The first kappa shape index (κ1) is 20.4. The third-order valence-corrected chi connectivity index (χ3v) is 4.94. The molecule has 3 aromatic rings. The molecule has 1 saturated heterocycles. The smallest absolute Gasteiger partial charge is 0.337 e. The number of rotatable bonds is 5. The van der Waals surface area contributed by atoms with E-state index in [2.05, 4.69) is 5.32 Å². The molecule has 7 nitrogen and oxygen atoms in total. The lowest BCUT2D eigenvalue weighted by atomic mass is 10.1. The Hall–Kier alpha value is -3.91. The van der Waals surface area contributed by atoms with Crippen molar-refractivity contribution >= 4 is 35.6 Å². The predicted molar refractivity (Wildman–Crippen MR) is 110 cm³/mol. The number of urea groups is 1. The number of halogens is 2. The second-order valence-corrected chi connectivity index (χ2v) is 7.11. The van der Waals surface area contributed by atoms with Gasteiger partial charge in [-0.3, -0.25) is 9.69 Å². The molecule has 1 aliphatic rings. The van der Waals surface area contributed by atoms with Gasteiger partial charge in [-0.25, -0.2) is 14.0 Å². The fourth-order valence-electron chi connectivity index (χ4n) is 3.06. The lowest BCUT2D eigenvalue weighted by Gasteiger charge is -2.11. The summed E-state index contributed by atoms with van der Waals surface area (Å²) >= 11 is 5.88. The minimum atomic E-state index is -1.17. The summed E-state index contributed by atoms with van der Waals surface area (Å²) in [6.07, 6.45) is 1.38. The number of carbonyl (C=O) groups excluding carboxylic acids is 2. The minimum absolute atomic E-state index is 0.00552. The summed E-state index contributed by atoms with van der Waals surface area (Å²) < 4.78 is 18.7. The second kappa shape index (κ2) is 8.08. The summed E-state index contributed by atoms with van der Waals surface area (Å²) in [5.41, 5.74) is 1.05. The fraction of sp³-hybridized carbons (Fsp3) is 0.0455. The van der Waals surface area contributed by atoms with Crippen LogP contribution in [0.5, 0.6) is 0 Å². The quantitative estimate of drug-likeness (QED) is 0.448. The molecule has 0 unspecified atom stereocenters. The topological polar surface area (TPSA) is 99.9 Å². The van der Waals surface area contributed by atoms with Crippen LogP contribution in [0.4, 0.5) is 9.18 Å². The Morgan fingerprint density at radius 1 is 1.13 bits per heavy atom. The maximum Gasteiger partial charge on any atom is 0.337 e. The zero-order valence-corrected chi connectivity index (χ0v) is 16.5. The minimum Gasteiger partial charge on any atom is -0.478 e. The van der Waals surface area contributed by atoms with Crippen LogP contribution in [0.15, 0.2) is 64.7 Å². The highest BCUT2D eigenvalue weighted by Crippen LogP contribution is 2.28. The zero-order valence-electron chi connectivity index (χ0n) is 15.8. The number of carboxylic acid groups (broad SMARTS) is 1. The molecule has 0 atom stereocenters. The van der Waals surface area contributed by atoms with Crippen molar-refractivity contribution in [3.63, 3.8) is 0 Å². The molecule has 1 fully saturated rings. The first-order valence-electron chi connectivity index (χ1n) is 9.04. The van der Waals surface area contributed by atoms with Crippen LogP contribution in [0, 0.1) is 5.82 Å². The lowest BCUT2D eigenvalue weighted by molar-refractivity contribution is -0.123. The van der Waals surface area contributed by atoms with Crippen LogP contribution in [0.2, 0.25) is 5.02 Å². The van der Waals surface area contributed by atoms with E-state index >= 15 is 0 Å². The van der Waals surface area contributed by atoms with Crippen molar-refractivity contribution in [1.82, 2.24) is 10.2 Å². The number of hydrogen-bond acceptors (Lipinski definition) is 4. The summed E-state index contributed by atoms with van der Waals surface area (Å²) in [5, 5.41) is 11.8. The van der Waals surface area contributed by atoms with Gasteiger partial charge in [0.2, 0.25) is 0 Å². The van der Waals surface area contributed by atoms with E-state index in [-0.39, 0.29) is 28.6 Å². The lowest BCUT2D eigenvalue weighted by Crippen LogP contribution is -2.30. The number of carboxylic acids is 1. The SMILES string of the molecule is O=C(O)c1cc(-c2ccc(C=C3NC(=O)N(Cc4ccc(F)cc4)C3=O)o2)ccc1Cl. The van der Waals surface area contributed by atoms with E-state index in [1.54, 1.807) is 18.2 Å². The largest absolute Gasteiger partial charge is 0.478 e. The molecule has 3 amide bonds. The Morgan fingerprint density at radius 2 is 1.87 bits per heavy atom. The van der Waals surface area contributed by atoms with Crippen LogP contribution >= 0.6 is 11.6 Å². The number of aromatic carboxylic acids is 1. The molecule has 2 heterocycles. The number of benzene rings is 2. The average Bonchev–Trinajstić information content (AvgIpc) is 3.30. The highest BCUT2D eigenvalue weighted by Gasteiger charge is 2.33. The third-order valence-electron chi connectivity index (χ3n) is 4.61. The van der Waals surface area contributed by atoms with E-state index in [1.807, 2.05) is 0 Å². The van der Waals surface area contributed by atoms with Crippen molar-refractivity contribution in [3.8, 4) is 11.3 Å². The van der Waals surface area contributed by atoms with E-state index in [0.717, 1.165) is 4.90 Å². The normalized spacial score (nSPS) is 14.9. The zero-order chi connectivity index (χ0) is 22.1. The van der Waals surface area contributed by atoms with Crippen LogP contribution in [-0.4, -0.2) is 27.9 Å². The Kier molecular flexibility index (Phi) is 5.31. The summed E-state index contributed by atoms with van der Waals surface area (Å²) in [4.78, 5) is 37.1. The first-order chi connectivity index (χ1) is 14.8. The molecule has 0 spiro atoms. The van der Waals surface area contributed by atoms with E-state index < -0.39 is 23.7 Å². The molecule has 1 aliphatic heterocycles. The summed E-state index contributed by atoms with van der Waals surface area (Å²) in [6.45, 7) is -0.00552. The van der Waals surface area contributed by atoms with Gasteiger partial charge in [0.25, 0.3) is 5.91 Å². The van der Waals surface area contributed by atoms with Crippen LogP contribution in [-0.2, 0) is 11.3 Å². The number of imide groups is 1. The molecular formula is C22H14ClFN2O5. The van der Waals surface area contributed by atoms with Crippen molar-refractivity contribution in [1.29, 1.82) is 0 Å². The highest BCUT2D eigenvalue weighted by atomic mass is 35.5. The molecule has 31 heavy (non-hydrogen) atoms. The summed E-state index contributed by atoms with van der Waals surface area (Å²) in [5.74, 6) is -1.47. The van der Waals surface area contributed by atoms with Crippen LogP contribution in [0.3, 0.4) is 0 Å². The number of carbonyl (C=O) groups is 3. The van der Waals surface area contributed by atoms with E-state index in [0.29, 0.717) is 16.9 Å². The van der Waals surface area contributed by atoms with Crippen LogP contribution < -0.4 is 5.32 Å². The van der Waals surface area contributed by atoms with Gasteiger partial charge in [-0.1, -0.05) is 23.7 Å². The first-order valence-corrected chi connectivity index (χ1v) is 9.41.